The van der Waals surface area contributed by atoms with Gasteiger partial charge in [0.15, 0.2) is 0 Å². The van der Waals surface area contributed by atoms with Gasteiger partial charge >= 0.3 is 0 Å². The van der Waals surface area contributed by atoms with E-state index in [0.717, 1.165) is 40.7 Å². The molecule has 0 atom stereocenters. The number of hydrogen-bond acceptors (Lipinski definition) is 4. The van der Waals surface area contributed by atoms with Gasteiger partial charge in [-0.2, -0.15) is 0 Å². The van der Waals surface area contributed by atoms with E-state index in [1.807, 2.05) is 42.5 Å². The molecule has 6 aromatic rings. The van der Waals surface area contributed by atoms with Crippen LogP contribution in [-0.2, 0) is 13.1 Å². The van der Waals surface area contributed by atoms with Crippen LogP contribution in [0.2, 0.25) is 0 Å². The second kappa shape index (κ2) is 12.6. The highest BCUT2D eigenvalue weighted by molar-refractivity contribution is 6.14. The number of nitrogens with zero attached hydrogens (tertiary/aromatic N) is 3. The zero-order valence-corrected chi connectivity index (χ0v) is 24.3. The van der Waals surface area contributed by atoms with Gasteiger partial charge in [0.1, 0.15) is 0 Å². The van der Waals surface area contributed by atoms with Crippen molar-refractivity contribution in [3.8, 4) is 11.1 Å². The van der Waals surface area contributed by atoms with Crippen LogP contribution in [-0.4, -0.2) is 17.9 Å². The van der Waals surface area contributed by atoms with Crippen LogP contribution in [0.1, 0.15) is 21.5 Å². The molecule has 0 bridgehead atoms. The van der Waals surface area contributed by atoms with E-state index < -0.39 is 4.92 Å². The van der Waals surface area contributed by atoms with Gasteiger partial charge in [-0.1, -0.05) is 97.1 Å². The smallest absolute Gasteiger partial charge is 0.269 e. The summed E-state index contributed by atoms with van der Waals surface area (Å²) in [5.41, 5.74) is 6.96. The molecule has 0 heterocycles. The van der Waals surface area contributed by atoms with Gasteiger partial charge in [-0.3, -0.25) is 14.9 Å². The second-order valence-electron chi connectivity index (χ2n) is 10.8. The van der Waals surface area contributed by atoms with Crippen molar-refractivity contribution in [1.82, 2.24) is 0 Å². The van der Waals surface area contributed by atoms with Crippen LogP contribution >= 0.6 is 0 Å². The molecule has 216 valence electrons. The van der Waals surface area contributed by atoms with E-state index in [-0.39, 0.29) is 11.6 Å². The van der Waals surface area contributed by atoms with E-state index in [0.29, 0.717) is 11.3 Å². The molecule has 0 radical (unpaired) electrons. The fraction of sp³-hybridized carbons (Fsp3) is 0.0789. The number of hydrogen-bond donors (Lipinski definition) is 0. The molecule has 6 nitrogen and oxygen atoms in total. The predicted molar refractivity (Wildman–Crippen MR) is 178 cm³/mol. The van der Waals surface area contributed by atoms with Crippen LogP contribution < -0.4 is 9.80 Å². The average molecular weight is 578 g/mol. The molecule has 0 fully saturated rings. The highest BCUT2D eigenvalue weighted by atomic mass is 16.6. The first-order valence-corrected chi connectivity index (χ1v) is 14.4. The zero-order valence-electron chi connectivity index (χ0n) is 24.3. The minimum Gasteiger partial charge on any atom is -0.363 e. The van der Waals surface area contributed by atoms with Gasteiger partial charge in [0.25, 0.3) is 11.6 Å². The number of rotatable bonds is 9. The SMILES string of the molecule is CN(C(=O)c1cccc2cc(-c3ccc(N(Cc4ccccc4)Cc4ccccc4)cc3)ccc12)c1ccc([N+](=O)[O-])cc1. The Balaban J connectivity index is 1.25. The number of benzene rings is 6. The Morgan fingerprint density at radius 1 is 0.636 bits per heavy atom. The normalized spacial score (nSPS) is 10.8. The number of anilines is 2. The average Bonchev–Trinajstić information content (AvgIpc) is 3.08. The van der Waals surface area contributed by atoms with E-state index in [1.54, 1.807) is 19.2 Å². The third-order valence-corrected chi connectivity index (χ3v) is 7.86. The van der Waals surface area contributed by atoms with Crippen LogP contribution in [0.5, 0.6) is 0 Å². The lowest BCUT2D eigenvalue weighted by molar-refractivity contribution is -0.384. The largest absolute Gasteiger partial charge is 0.363 e. The zero-order chi connectivity index (χ0) is 30.5. The van der Waals surface area contributed by atoms with Crippen molar-refractivity contribution >= 4 is 33.7 Å². The van der Waals surface area contributed by atoms with Gasteiger partial charge < -0.3 is 9.80 Å². The summed E-state index contributed by atoms with van der Waals surface area (Å²) in [4.78, 5) is 27.9. The number of nitro groups is 1. The van der Waals surface area contributed by atoms with E-state index in [9.17, 15) is 14.9 Å². The van der Waals surface area contributed by atoms with Crippen molar-refractivity contribution in [3.05, 3.63) is 172 Å². The van der Waals surface area contributed by atoms with Crippen molar-refractivity contribution < 1.29 is 9.72 Å². The maximum absolute atomic E-state index is 13.5. The number of carbonyl (C=O) groups is 1. The molecule has 0 aliphatic heterocycles. The lowest BCUT2D eigenvalue weighted by Crippen LogP contribution is -2.26. The van der Waals surface area contributed by atoms with Gasteiger partial charge in [0, 0.05) is 49.2 Å². The summed E-state index contributed by atoms with van der Waals surface area (Å²) in [7, 11) is 1.68. The molecule has 6 aromatic carbocycles. The molecular formula is C38H31N3O3. The summed E-state index contributed by atoms with van der Waals surface area (Å²) < 4.78 is 0. The van der Waals surface area contributed by atoms with Crippen molar-refractivity contribution in [3.63, 3.8) is 0 Å². The number of non-ortho nitro benzene ring substituents is 1. The molecular weight excluding hydrogens is 546 g/mol. The molecule has 0 N–H and O–H groups in total. The van der Waals surface area contributed by atoms with E-state index in [4.69, 9.17) is 0 Å². The first-order chi connectivity index (χ1) is 21.5. The Kier molecular flexibility index (Phi) is 8.15. The molecule has 0 aromatic heterocycles. The molecule has 0 aliphatic rings. The van der Waals surface area contributed by atoms with Crippen molar-refractivity contribution in [2.24, 2.45) is 0 Å². The Morgan fingerprint density at radius 3 is 1.80 bits per heavy atom. The monoisotopic (exact) mass is 577 g/mol. The predicted octanol–water partition coefficient (Wildman–Crippen LogP) is 8.90. The third kappa shape index (κ3) is 6.20. The Morgan fingerprint density at radius 2 is 1.20 bits per heavy atom. The van der Waals surface area contributed by atoms with Crippen LogP contribution in [0.15, 0.2) is 146 Å². The Hall–Kier alpha value is -5.75. The standard InChI is InChI=1S/C38H31N3O3/c1-39(33-20-22-35(23-21-33)41(43)44)38(42)37-14-8-13-32-25-31(17-24-36(32)37)30-15-18-34(19-16-30)40(26-28-9-4-2-5-10-28)27-29-11-6-3-7-12-29/h2-25H,26-27H2,1H3. The molecule has 0 saturated heterocycles. The topological polar surface area (TPSA) is 66.7 Å². The summed E-state index contributed by atoms with van der Waals surface area (Å²) in [5.74, 6) is -0.182. The van der Waals surface area contributed by atoms with Gasteiger partial charge in [-0.15, -0.1) is 0 Å². The molecule has 6 heteroatoms. The number of carbonyl (C=O) groups excluding carboxylic acids is 1. The molecule has 0 saturated carbocycles. The summed E-state index contributed by atoms with van der Waals surface area (Å²) in [5, 5.41) is 12.8. The van der Waals surface area contributed by atoms with Crippen molar-refractivity contribution in [2.75, 3.05) is 16.8 Å². The summed E-state index contributed by atoms with van der Waals surface area (Å²) in [6.07, 6.45) is 0. The number of amides is 1. The summed E-state index contributed by atoms with van der Waals surface area (Å²) in [6, 6.07) is 47.5. The van der Waals surface area contributed by atoms with Crippen LogP contribution in [0.4, 0.5) is 17.1 Å². The molecule has 44 heavy (non-hydrogen) atoms. The molecule has 0 spiro atoms. The lowest BCUT2D eigenvalue weighted by atomic mass is 9.97. The molecule has 0 aliphatic carbocycles. The van der Waals surface area contributed by atoms with Gasteiger partial charge in [0.05, 0.1) is 4.92 Å². The van der Waals surface area contributed by atoms with Crippen LogP contribution in [0.25, 0.3) is 21.9 Å². The van der Waals surface area contributed by atoms with E-state index in [1.165, 1.54) is 28.2 Å². The second-order valence-corrected chi connectivity index (χ2v) is 10.8. The third-order valence-electron chi connectivity index (χ3n) is 7.86. The van der Waals surface area contributed by atoms with Gasteiger partial charge in [-0.05, 0) is 69.4 Å². The van der Waals surface area contributed by atoms with Crippen molar-refractivity contribution in [1.29, 1.82) is 0 Å². The van der Waals surface area contributed by atoms with Gasteiger partial charge in [0.2, 0.25) is 0 Å². The minimum atomic E-state index is -0.451. The quantitative estimate of drug-likeness (QED) is 0.127. The Labute approximate surface area is 256 Å². The van der Waals surface area contributed by atoms with Gasteiger partial charge in [-0.25, -0.2) is 0 Å². The Bertz CT molecular complexity index is 1860. The lowest BCUT2D eigenvalue weighted by Gasteiger charge is -2.25. The maximum Gasteiger partial charge on any atom is 0.269 e. The molecule has 0 unspecified atom stereocenters. The number of nitro benzene ring substituents is 1. The maximum atomic E-state index is 13.5. The van der Waals surface area contributed by atoms with Crippen molar-refractivity contribution in [2.45, 2.75) is 13.1 Å². The molecule has 1 amide bonds. The first-order valence-electron chi connectivity index (χ1n) is 14.4. The highest BCUT2D eigenvalue weighted by Crippen LogP contribution is 2.30. The van der Waals surface area contributed by atoms with E-state index >= 15 is 0 Å². The molecule has 6 rings (SSSR count). The summed E-state index contributed by atoms with van der Waals surface area (Å²) in [6.45, 7) is 1.60. The van der Waals surface area contributed by atoms with Crippen LogP contribution in [0, 0.1) is 10.1 Å². The minimum absolute atomic E-state index is 0.0135. The van der Waals surface area contributed by atoms with Crippen LogP contribution in [0.3, 0.4) is 0 Å². The van der Waals surface area contributed by atoms with E-state index in [2.05, 4.69) is 83.8 Å². The fourth-order valence-corrected chi connectivity index (χ4v) is 5.46. The first kappa shape index (κ1) is 28.4. The highest BCUT2D eigenvalue weighted by Gasteiger charge is 2.18. The summed E-state index contributed by atoms with van der Waals surface area (Å²) >= 11 is 0. The fourth-order valence-electron chi connectivity index (χ4n) is 5.46. The number of fused-ring (bicyclic) bond motifs is 1.